The van der Waals surface area contributed by atoms with E-state index in [2.05, 4.69) is 18.9 Å². The molecule has 23 heavy (non-hydrogen) atoms. The highest BCUT2D eigenvalue weighted by Gasteiger charge is 2.32. The number of hydrogen-bond acceptors (Lipinski definition) is 4. The van der Waals surface area contributed by atoms with Gasteiger partial charge in [-0.1, -0.05) is 0 Å². The zero-order valence-electron chi connectivity index (χ0n) is 14.3. The Labute approximate surface area is 137 Å². The Morgan fingerprint density at radius 3 is 2.57 bits per heavy atom. The first-order chi connectivity index (χ1) is 11.1. The van der Waals surface area contributed by atoms with E-state index in [0.717, 1.165) is 44.8 Å². The van der Waals surface area contributed by atoms with Gasteiger partial charge in [0.05, 0.1) is 18.3 Å². The first kappa shape index (κ1) is 16.5. The van der Waals surface area contributed by atoms with Crippen molar-refractivity contribution in [3.05, 3.63) is 17.5 Å². The standard InChI is InChI=1S/C17H27N3O3/c1-12(2)20(14-6-9-23-11-14)17(21)16-10-15(18-19(16)3)13-4-7-22-8-5-13/h10,12-14H,4-9,11H2,1-3H3/t14-/m0/s1. The van der Waals surface area contributed by atoms with Crippen molar-refractivity contribution in [2.45, 2.75) is 51.1 Å². The van der Waals surface area contributed by atoms with Gasteiger partial charge in [-0.2, -0.15) is 5.10 Å². The minimum atomic E-state index is 0.0591. The molecule has 0 N–H and O–H groups in total. The van der Waals surface area contributed by atoms with Gasteiger partial charge in [-0.3, -0.25) is 9.48 Å². The number of carbonyl (C=O) groups is 1. The van der Waals surface area contributed by atoms with E-state index in [9.17, 15) is 4.79 Å². The van der Waals surface area contributed by atoms with E-state index in [1.807, 2.05) is 18.0 Å². The lowest BCUT2D eigenvalue weighted by Gasteiger charge is -2.31. The molecule has 2 saturated heterocycles. The first-order valence-electron chi connectivity index (χ1n) is 8.60. The fourth-order valence-corrected chi connectivity index (χ4v) is 3.58. The normalized spacial score (nSPS) is 22.7. The summed E-state index contributed by atoms with van der Waals surface area (Å²) in [4.78, 5) is 15.0. The van der Waals surface area contributed by atoms with Crippen LogP contribution in [0.5, 0.6) is 0 Å². The van der Waals surface area contributed by atoms with Crippen molar-refractivity contribution in [3.63, 3.8) is 0 Å². The van der Waals surface area contributed by atoms with Gasteiger partial charge in [0.1, 0.15) is 5.69 Å². The molecule has 1 amide bonds. The molecule has 2 fully saturated rings. The van der Waals surface area contributed by atoms with Crippen LogP contribution in [0, 0.1) is 0 Å². The quantitative estimate of drug-likeness (QED) is 0.850. The molecule has 1 aromatic heterocycles. The molecule has 6 nitrogen and oxygen atoms in total. The Bertz CT molecular complexity index is 543. The van der Waals surface area contributed by atoms with Crippen LogP contribution in [0.2, 0.25) is 0 Å². The molecule has 1 atom stereocenters. The zero-order chi connectivity index (χ0) is 16.4. The van der Waals surface area contributed by atoms with Gasteiger partial charge >= 0.3 is 0 Å². The molecule has 0 bridgehead atoms. The minimum absolute atomic E-state index is 0.0591. The molecule has 3 rings (SSSR count). The van der Waals surface area contributed by atoms with Crippen LogP contribution in [0.4, 0.5) is 0 Å². The van der Waals surface area contributed by atoms with Crippen molar-refractivity contribution >= 4 is 5.91 Å². The number of aromatic nitrogens is 2. The van der Waals surface area contributed by atoms with Gasteiger partial charge < -0.3 is 14.4 Å². The van der Waals surface area contributed by atoms with Gasteiger partial charge in [0.25, 0.3) is 5.91 Å². The number of rotatable bonds is 4. The topological polar surface area (TPSA) is 56.6 Å². The first-order valence-corrected chi connectivity index (χ1v) is 8.60. The van der Waals surface area contributed by atoms with Crippen LogP contribution in [-0.2, 0) is 16.5 Å². The average Bonchev–Trinajstić information content (AvgIpc) is 3.18. The second-order valence-corrected chi connectivity index (χ2v) is 6.79. The van der Waals surface area contributed by atoms with Gasteiger partial charge in [0.15, 0.2) is 0 Å². The summed E-state index contributed by atoms with van der Waals surface area (Å²) in [7, 11) is 1.86. The van der Waals surface area contributed by atoms with Crippen molar-refractivity contribution in [2.24, 2.45) is 7.05 Å². The minimum Gasteiger partial charge on any atom is -0.381 e. The summed E-state index contributed by atoms with van der Waals surface area (Å²) in [6.07, 6.45) is 2.87. The average molecular weight is 321 g/mol. The van der Waals surface area contributed by atoms with Crippen LogP contribution >= 0.6 is 0 Å². The Kier molecular flexibility index (Phi) is 5.02. The van der Waals surface area contributed by atoms with Gasteiger partial charge in [0.2, 0.25) is 0 Å². The third-order valence-electron chi connectivity index (χ3n) is 4.85. The molecule has 0 aliphatic carbocycles. The number of amides is 1. The zero-order valence-corrected chi connectivity index (χ0v) is 14.3. The predicted molar refractivity (Wildman–Crippen MR) is 86.5 cm³/mol. The number of aryl methyl sites for hydroxylation is 1. The van der Waals surface area contributed by atoms with Gasteiger partial charge in [-0.15, -0.1) is 0 Å². The molecule has 3 heterocycles. The highest BCUT2D eigenvalue weighted by atomic mass is 16.5. The highest BCUT2D eigenvalue weighted by Crippen LogP contribution is 2.27. The van der Waals surface area contributed by atoms with Crippen LogP contribution in [0.25, 0.3) is 0 Å². The number of nitrogens with zero attached hydrogens (tertiary/aromatic N) is 3. The van der Waals surface area contributed by atoms with E-state index < -0.39 is 0 Å². The molecular formula is C17H27N3O3. The number of carbonyl (C=O) groups excluding carboxylic acids is 1. The lowest BCUT2D eigenvalue weighted by Crippen LogP contribution is -2.45. The molecule has 2 aliphatic rings. The SMILES string of the molecule is CC(C)N(C(=O)c1cc(C2CCOCC2)nn1C)[C@H]1CCOC1. The second-order valence-electron chi connectivity index (χ2n) is 6.79. The van der Waals surface area contributed by atoms with Crippen LogP contribution in [0.3, 0.4) is 0 Å². The van der Waals surface area contributed by atoms with Crippen LogP contribution < -0.4 is 0 Å². The second kappa shape index (κ2) is 7.01. The highest BCUT2D eigenvalue weighted by molar-refractivity contribution is 5.93. The smallest absolute Gasteiger partial charge is 0.272 e. The molecule has 0 unspecified atom stereocenters. The van der Waals surface area contributed by atoms with Gasteiger partial charge in [-0.05, 0) is 39.2 Å². The Hall–Kier alpha value is -1.40. The van der Waals surface area contributed by atoms with Crippen LogP contribution in [-0.4, -0.2) is 59.1 Å². The third kappa shape index (κ3) is 3.43. The van der Waals surface area contributed by atoms with E-state index in [1.54, 1.807) is 4.68 Å². The van der Waals surface area contributed by atoms with Crippen molar-refractivity contribution in [2.75, 3.05) is 26.4 Å². The fraction of sp³-hybridized carbons (Fsp3) is 0.765. The maximum absolute atomic E-state index is 13.1. The molecule has 6 heteroatoms. The van der Waals surface area contributed by atoms with Crippen molar-refractivity contribution in [3.8, 4) is 0 Å². The van der Waals surface area contributed by atoms with E-state index in [-0.39, 0.29) is 18.0 Å². The molecule has 128 valence electrons. The monoisotopic (exact) mass is 321 g/mol. The van der Waals surface area contributed by atoms with Gasteiger partial charge in [-0.25, -0.2) is 0 Å². The Balaban J connectivity index is 1.81. The van der Waals surface area contributed by atoms with E-state index in [1.165, 1.54) is 0 Å². The number of ether oxygens (including phenoxy) is 2. The van der Waals surface area contributed by atoms with Crippen molar-refractivity contribution < 1.29 is 14.3 Å². The van der Waals surface area contributed by atoms with E-state index >= 15 is 0 Å². The van der Waals surface area contributed by atoms with Gasteiger partial charge in [0, 0.05) is 38.8 Å². The van der Waals surface area contributed by atoms with E-state index in [4.69, 9.17) is 9.47 Å². The molecule has 0 aromatic carbocycles. The summed E-state index contributed by atoms with van der Waals surface area (Å²) in [6, 6.07) is 2.29. The van der Waals surface area contributed by atoms with E-state index in [0.29, 0.717) is 18.2 Å². The van der Waals surface area contributed by atoms with Crippen molar-refractivity contribution in [1.82, 2.24) is 14.7 Å². The summed E-state index contributed by atoms with van der Waals surface area (Å²) >= 11 is 0. The predicted octanol–water partition coefficient (Wildman–Crippen LogP) is 1.95. The molecule has 0 saturated carbocycles. The van der Waals surface area contributed by atoms with Crippen molar-refractivity contribution in [1.29, 1.82) is 0 Å². The maximum Gasteiger partial charge on any atom is 0.272 e. The summed E-state index contributed by atoms with van der Waals surface area (Å²) in [5, 5.41) is 4.61. The fourth-order valence-electron chi connectivity index (χ4n) is 3.58. The number of hydrogen-bond donors (Lipinski definition) is 0. The Morgan fingerprint density at radius 2 is 1.96 bits per heavy atom. The molecular weight excluding hydrogens is 294 g/mol. The lowest BCUT2D eigenvalue weighted by atomic mass is 9.96. The van der Waals surface area contributed by atoms with Crippen LogP contribution in [0.15, 0.2) is 6.07 Å². The lowest BCUT2D eigenvalue weighted by molar-refractivity contribution is 0.0570. The third-order valence-corrected chi connectivity index (χ3v) is 4.85. The molecule has 1 aromatic rings. The summed E-state index contributed by atoms with van der Waals surface area (Å²) in [5.41, 5.74) is 1.69. The molecule has 0 radical (unpaired) electrons. The summed E-state index contributed by atoms with van der Waals surface area (Å²) in [5.74, 6) is 0.461. The summed E-state index contributed by atoms with van der Waals surface area (Å²) < 4.78 is 12.6. The Morgan fingerprint density at radius 1 is 1.26 bits per heavy atom. The largest absolute Gasteiger partial charge is 0.381 e. The molecule has 2 aliphatic heterocycles. The maximum atomic E-state index is 13.1. The molecule has 0 spiro atoms. The van der Waals surface area contributed by atoms with Crippen LogP contribution in [0.1, 0.15) is 55.2 Å². The summed E-state index contributed by atoms with van der Waals surface area (Å²) in [6.45, 7) is 7.05.